The average Bonchev–Trinajstić information content (AvgIpc) is 2.95. The topological polar surface area (TPSA) is 54.0 Å². The molecule has 116 valence electrons. The number of rotatable bonds is 6. The van der Waals surface area contributed by atoms with E-state index in [1.807, 2.05) is 6.07 Å². The molecule has 0 spiro atoms. The Morgan fingerprint density at radius 3 is 2.67 bits per heavy atom. The van der Waals surface area contributed by atoms with E-state index in [1.54, 1.807) is 6.07 Å². The minimum Gasteiger partial charge on any atom is -0.507 e. The van der Waals surface area contributed by atoms with Crippen molar-refractivity contribution in [2.24, 2.45) is 0 Å². The maximum absolute atomic E-state index is 9.95. The number of nitrogens with one attached hydrogen (secondary N) is 1. The van der Waals surface area contributed by atoms with Crippen molar-refractivity contribution in [2.75, 3.05) is 33.0 Å². The van der Waals surface area contributed by atoms with Crippen molar-refractivity contribution >= 4 is 0 Å². The lowest BCUT2D eigenvalue weighted by Crippen LogP contribution is -2.32. The van der Waals surface area contributed by atoms with E-state index in [4.69, 9.17) is 9.47 Å². The lowest BCUT2D eigenvalue weighted by atomic mass is 10.1. The van der Waals surface area contributed by atoms with Gasteiger partial charge in [-0.2, -0.15) is 0 Å². The van der Waals surface area contributed by atoms with Gasteiger partial charge in [-0.25, -0.2) is 0 Å². The van der Waals surface area contributed by atoms with Crippen LogP contribution in [0.4, 0.5) is 0 Å². The van der Waals surface area contributed by atoms with Gasteiger partial charge in [0.1, 0.15) is 5.75 Å². The molecule has 0 radical (unpaired) electrons. The monoisotopic (exact) mass is 292 g/mol. The molecule has 5 heteroatoms. The molecule has 1 saturated heterocycles. The number of piperidine rings is 1. The summed E-state index contributed by atoms with van der Waals surface area (Å²) in [5, 5.41) is 13.3. The first-order valence-corrected chi connectivity index (χ1v) is 7.87. The fourth-order valence-electron chi connectivity index (χ4n) is 2.95. The summed E-state index contributed by atoms with van der Waals surface area (Å²) in [4.78, 5) is 2.54. The third kappa shape index (κ3) is 3.80. The highest BCUT2D eigenvalue weighted by molar-refractivity contribution is 5.51. The number of phenols is 1. The smallest absolute Gasteiger partial charge is 0.231 e. The predicted molar refractivity (Wildman–Crippen MR) is 80.8 cm³/mol. The summed E-state index contributed by atoms with van der Waals surface area (Å²) < 4.78 is 10.6. The molecule has 1 aromatic rings. The van der Waals surface area contributed by atoms with Gasteiger partial charge in [-0.05, 0) is 51.5 Å². The van der Waals surface area contributed by atoms with Crippen LogP contribution >= 0.6 is 0 Å². The van der Waals surface area contributed by atoms with Crippen molar-refractivity contribution in [1.29, 1.82) is 0 Å². The minimum atomic E-state index is 0.238. The largest absolute Gasteiger partial charge is 0.507 e. The Bertz CT molecular complexity index is 473. The normalized spacial score (nSPS) is 18.1. The number of hydrogen-bond donors (Lipinski definition) is 2. The van der Waals surface area contributed by atoms with Crippen LogP contribution in [0.2, 0.25) is 0 Å². The van der Waals surface area contributed by atoms with E-state index in [1.165, 1.54) is 38.9 Å². The van der Waals surface area contributed by atoms with Crippen LogP contribution in [0.5, 0.6) is 17.2 Å². The molecule has 2 N–H and O–H groups in total. The molecule has 0 aromatic heterocycles. The Labute approximate surface area is 125 Å². The standard InChI is InChI=1S/C16H24N2O3/c19-14-10-16-15(20-12-21-16)9-13(14)11-17-5-4-8-18-6-2-1-3-7-18/h9-10,17,19H,1-8,11-12H2. The zero-order valence-corrected chi connectivity index (χ0v) is 12.4. The summed E-state index contributed by atoms with van der Waals surface area (Å²) in [6.07, 6.45) is 5.22. The number of benzene rings is 1. The van der Waals surface area contributed by atoms with E-state index in [0.717, 1.165) is 24.3 Å². The third-order valence-electron chi connectivity index (χ3n) is 4.17. The highest BCUT2D eigenvalue weighted by Crippen LogP contribution is 2.37. The van der Waals surface area contributed by atoms with Gasteiger partial charge in [-0.1, -0.05) is 6.42 Å². The number of hydrogen-bond acceptors (Lipinski definition) is 5. The Morgan fingerprint density at radius 2 is 1.86 bits per heavy atom. The van der Waals surface area contributed by atoms with Gasteiger partial charge in [-0.15, -0.1) is 0 Å². The summed E-state index contributed by atoms with van der Waals surface area (Å²) in [6, 6.07) is 3.49. The van der Waals surface area contributed by atoms with E-state index in [9.17, 15) is 5.11 Å². The summed E-state index contributed by atoms with van der Waals surface area (Å²) in [6.45, 7) is 5.53. The van der Waals surface area contributed by atoms with Crippen LogP contribution in [0.15, 0.2) is 12.1 Å². The maximum Gasteiger partial charge on any atom is 0.231 e. The molecule has 0 atom stereocenters. The first-order chi connectivity index (χ1) is 10.3. The summed E-state index contributed by atoms with van der Waals surface area (Å²) in [5.74, 6) is 1.61. The minimum absolute atomic E-state index is 0.238. The Kier molecular flexibility index (Phi) is 4.83. The molecule has 3 rings (SSSR count). The van der Waals surface area contributed by atoms with Crippen LogP contribution in [-0.4, -0.2) is 43.0 Å². The first-order valence-electron chi connectivity index (χ1n) is 7.87. The molecule has 2 aliphatic heterocycles. The molecule has 5 nitrogen and oxygen atoms in total. The van der Waals surface area contributed by atoms with Crippen LogP contribution in [-0.2, 0) is 6.54 Å². The van der Waals surface area contributed by atoms with Crippen LogP contribution in [0, 0.1) is 0 Å². The molecule has 0 bridgehead atoms. The molecule has 21 heavy (non-hydrogen) atoms. The van der Waals surface area contributed by atoms with E-state index in [0.29, 0.717) is 12.3 Å². The van der Waals surface area contributed by atoms with Crippen LogP contribution in [0.25, 0.3) is 0 Å². The van der Waals surface area contributed by atoms with Gasteiger partial charge in [0.25, 0.3) is 0 Å². The molecule has 1 aromatic carbocycles. The molecule has 0 amide bonds. The fraction of sp³-hybridized carbons (Fsp3) is 0.625. The van der Waals surface area contributed by atoms with Crippen LogP contribution < -0.4 is 14.8 Å². The van der Waals surface area contributed by atoms with Crippen LogP contribution in [0.1, 0.15) is 31.2 Å². The predicted octanol–water partition coefficient (Wildman–Crippen LogP) is 2.09. The van der Waals surface area contributed by atoms with E-state index in [-0.39, 0.29) is 12.5 Å². The van der Waals surface area contributed by atoms with Gasteiger partial charge >= 0.3 is 0 Å². The van der Waals surface area contributed by atoms with Crippen molar-refractivity contribution in [1.82, 2.24) is 10.2 Å². The van der Waals surface area contributed by atoms with E-state index >= 15 is 0 Å². The summed E-state index contributed by atoms with van der Waals surface area (Å²) in [7, 11) is 0. The van der Waals surface area contributed by atoms with Crippen molar-refractivity contribution in [3.05, 3.63) is 17.7 Å². The Balaban J connectivity index is 1.39. The number of fused-ring (bicyclic) bond motifs is 1. The molecule has 0 unspecified atom stereocenters. The molecule has 0 saturated carbocycles. The summed E-state index contributed by atoms with van der Waals surface area (Å²) in [5.41, 5.74) is 0.859. The van der Waals surface area contributed by atoms with Gasteiger partial charge < -0.3 is 24.8 Å². The number of phenolic OH excluding ortho intramolecular Hbond substituents is 1. The SMILES string of the molecule is Oc1cc2c(cc1CNCCCN1CCCCC1)OCO2. The van der Waals surface area contributed by atoms with Gasteiger partial charge in [0, 0.05) is 18.2 Å². The Morgan fingerprint density at radius 1 is 1.10 bits per heavy atom. The lowest BCUT2D eigenvalue weighted by Gasteiger charge is -2.26. The number of ether oxygens (including phenoxy) is 2. The number of aromatic hydroxyl groups is 1. The van der Waals surface area contributed by atoms with Gasteiger partial charge in [-0.3, -0.25) is 0 Å². The van der Waals surface area contributed by atoms with Gasteiger partial charge in [0.05, 0.1) is 0 Å². The second-order valence-corrected chi connectivity index (χ2v) is 5.77. The number of likely N-dealkylation sites (tertiary alicyclic amines) is 1. The maximum atomic E-state index is 9.95. The molecule has 1 fully saturated rings. The average molecular weight is 292 g/mol. The molecular weight excluding hydrogens is 268 g/mol. The zero-order chi connectivity index (χ0) is 14.5. The second kappa shape index (κ2) is 7.00. The Hall–Kier alpha value is -1.46. The summed E-state index contributed by atoms with van der Waals surface area (Å²) >= 11 is 0. The van der Waals surface area contributed by atoms with Gasteiger partial charge in [0.15, 0.2) is 11.5 Å². The highest BCUT2D eigenvalue weighted by atomic mass is 16.7. The highest BCUT2D eigenvalue weighted by Gasteiger charge is 2.16. The van der Waals surface area contributed by atoms with E-state index in [2.05, 4.69) is 10.2 Å². The third-order valence-corrected chi connectivity index (χ3v) is 4.17. The molecule has 2 heterocycles. The van der Waals surface area contributed by atoms with E-state index < -0.39 is 0 Å². The van der Waals surface area contributed by atoms with Crippen molar-refractivity contribution < 1.29 is 14.6 Å². The number of nitrogens with zero attached hydrogens (tertiary/aromatic N) is 1. The fourth-order valence-corrected chi connectivity index (χ4v) is 2.95. The van der Waals surface area contributed by atoms with Gasteiger partial charge in [0.2, 0.25) is 6.79 Å². The quantitative estimate of drug-likeness (QED) is 0.786. The first kappa shape index (κ1) is 14.5. The second-order valence-electron chi connectivity index (χ2n) is 5.77. The molecule has 2 aliphatic rings. The lowest BCUT2D eigenvalue weighted by molar-refractivity contribution is 0.174. The molecular formula is C16H24N2O3. The van der Waals surface area contributed by atoms with Crippen molar-refractivity contribution in [3.8, 4) is 17.2 Å². The molecule has 0 aliphatic carbocycles. The van der Waals surface area contributed by atoms with Crippen molar-refractivity contribution in [2.45, 2.75) is 32.2 Å². The van der Waals surface area contributed by atoms with Crippen LogP contribution in [0.3, 0.4) is 0 Å². The zero-order valence-electron chi connectivity index (χ0n) is 12.4. The van der Waals surface area contributed by atoms with Crippen molar-refractivity contribution in [3.63, 3.8) is 0 Å².